The molecule has 1 aliphatic heterocycles. The molecule has 1 amide bonds. The molecule has 2 fully saturated rings. The maximum absolute atomic E-state index is 13.4. The first-order valence-electron chi connectivity index (χ1n) is 7.98. The Morgan fingerprint density at radius 1 is 1.35 bits per heavy atom. The van der Waals surface area contributed by atoms with Gasteiger partial charge in [-0.05, 0) is 37.8 Å². The lowest BCUT2D eigenvalue weighted by atomic mass is 9.85. The summed E-state index contributed by atoms with van der Waals surface area (Å²) < 4.78 is 24.2. The molecule has 6 heteroatoms. The number of halogens is 1. The van der Waals surface area contributed by atoms with Crippen LogP contribution in [0.1, 0.15) is 32.1 Å². The molecule has 124 valence electrons. The number of rotatable bonds is 5. The first-order valence-corrected chi connectivity index (χ1v) is 7.98. The van der Waals surface area contributed by atoms with Crippen LogP contribution in [0.25, 0.3) is 0 Å². The van der Waals surface area contributed by atoms with Crippen molar-refractivity contribution in [1.29, 1.82) is 0 Å². The SMILES string of the molecule is O=C1C[C@H](C(=O)NCCOc2ccccc2F)C2(CCCC2)O1. The maximum atomic E-state index is 13.4. The summed E-state index contributed by atoms with van der Waals surface area (Å²) in [4.78, 5) is 24.0. The second kappa shape index (κ2) is 6.56. The van der Waals surface area contributed by atoms with Crippen molar-refractivity contribution in [2.75, 3.05) is 13.2 Å². The van der Waals surface area contributed by atoms with Gasteiger partial charge in [-0.25, -0.2) is 4.39 Å². The predicted molar refractivity (Wildman–Crippen MR) is 80.3 cm³/mol. The molecule has 0 aromatic heterocycles. The quantitative estimate of drug-likeness (QED) is 0.667. The molecule has 1 saturated heterocycles. The number of para-hydroxylation sites is 1. The van der Waals surface area contributed by atoms with E-state index < -0.39 is 17.3 Å². The summed E-state index contributed by atoms with van der Waals surface area (Å²) in [6.07, 6.45) is 3.60. The zero-order chi connectivity index (χ0) is 16.3. The molecule has 0 radical (unpaired) electrons. The fourth-order valence-corrected chi connectivity index (χ4v) is 3.47. The molecule has 1 aromatic rings. The molecule has 0 unspecified atom stereocenters. The first kappa shape index (κ1) is 15.8. The maximum Gasteiger partial charge on any atom is 0.307 e. The summed E-state index contributed by atoms with van der Waals surface area (Å²) in [7, 11) is 0. The van der Waals surface area contributed by atoms with E-state index in [1.54, 1.807) is 12.1 Å². The van der Waals surface area contributed by atoms with Crippen molar-refractivity contribution >= 4 is 11.9 Å². The molecule has 3 rings (SSSR count). The predicted octanol–water partition coefficient (Wildman–Crippen LogP) is 2.20. The number of hydrogen-bond donors (Lipinski definition) is 1. The van der Waals surface area contributed by atoms with Crippen LogP contribution >= 0.6 is 0 Å². The molecule has 5 nitrogen and oxygen atoms in total. The van der Waals surface area contributed by atoms with Gasteiger partial charge in [0.15, 0.2) is 11.6 Å². The lowest BCUT2D eigenvalue weighted by molar-refractivity contribution is -0.149. The number of ether oxygens (including phenoxy) is 2. The summed E-state index contributed by atoms with van der Waals surface area (Å²) in [5, 5.41) is 2.77. The Morgan fingerprint density at radius 2 is 2.09 bits per heavy atom. The highest BCUT2D eigenvalue weighted by molar-refractivity contribution is 5.87. The Morgan fingerprint density at radius 3 is 2.83 bits per heavy atom. The number of esters is 1. The lowest BCUT2D eigenvalue weighted by Gasteiger charge is -2.27. The fourth-order valence-electron chi connectivity index (χ4n) is 3.47. The van der Waals surface area contributed by atoms with Crippen LogP contribution in [0.5, 0.6) is 5.75 Å². The largest absolute Gasteiger partial charge is 0.489 e. The monoisotopic (exact) mass is 321 g/mol. The number of benzene rings is 1. The summed E-state index contributed by atoms with van der Waals surface area (Å²) in [6.45, 7) is 0.426. The standard InChI is InChI=1S/C17H20FNO4/c18-13-5-1-2-6-14(13)22-10-9-19-16(21)12-11-15(20)23-17(12)7-3-4-8-17/h1-2,5-6,12H,3-4,7-11H2,(H,19,21)/t12-/m1/s1. The van der Waals surface area contributed by atoms with E-state index in [-0.39, 0.29) is 37.2 Å². The Bertz CT molecular complexity index is 598. The van der Waals surface area contributed by atoms with E-state index >= 15 is 0 Å². The van der Waals surface area contributed by atoms with Crippen molar-refractivity contribution in [3.8, 4) is 5.75 Å². The Kier molecular flexibility index (Phi) is 4.50. The Balaban J connectivity index is 1.49. The van der Waals surface area contributed by atoms with Crippen molar-refractivity contribution in [3.63, 3.8) is 0 Å². The van der Waals surface area contributed by atoms with E-state index in [0.29, 0.717) is 0 Å². The molecular weight excluding hydrogens is 301 g/mol. The minimum Gasteiger partial charge on any atom is -0.489 e. The van der Waals surface area contributed by atoms with Gasteiger partial charge in [0.05, 0.1) is 18.9 Å². The van der Waals surface area contributed by atoms with Gasteiger partial charge in [0.25, 0.3) is 0 Å². The van der Waals surface area contributed by atoms with E-state index in [0.717, 1.165) is 25.7 Å². The number of hydrogen-bond acceptors (Lipinski definition) is 4. The summed E-state index contributed by atoms with van der Waals surface area (Å²) in [6, 6.07) is 6.12. The number of carbonyl (C=O) groups excluding carboxylic acids is 2. The van der Waals surface area contributed by atoms with Crippen molar-refractivity contribution in [1.82, 2.24) is 5.32 Å². The van der Waals surface area contributed by atoms with E-state index in [1.165, 1.54) is 12.1 Å². The average Bonchev–Trinajstić information content (AvgIpc) is 3.12. The molecule has 0 bridgehead atoms. The fraction of sp³-hybridized carbons (Fsp3) is 0.529. The van der Waals surface area contributed by atoms with Gasteiger partial charge < -0.3 is 14.8 Å². The lowest BCUT2D eigenvalue weighted by Crippen LogP contribution is -2.43. The molecule has 2 aliphatic rings. The van der Waals surface area contributed by atoms with Gasteiger partial charge in [0, 0.05) is 0 Å². The smallest absolute Gasteiger partial charge is 0.307 e. The van der Waals surface area contributed by atoms with Crippen molar-refractivity contribution in [2.45, 2.75) is 37.7 Å². The van der Waals surface area contributed by atoms with Crippen molar-refractivity contribution < 1.29 is 23.5 Å². The van der Waals surface area contributed by atoms with Crippen molar-refractivity contribution in [2.24, 2.45) is 5.92 Å². The molecule has 1 atom stereocenters. The second-order valence-corrected chi connectivity index (χ2v) is 6.07. The topological polar surface area (TPSA) is 64.6 Å². The number of carbonyl (C=O) groups is 2. The van der Waals surface area contributed by atoms with Crippen LogP contribution in [0.4, 0.5) is 4.39 Å². The molecule has 1 aromatic carbocycles. The van der Waals surface area contributed by atoms with E-state index in [4.69, 9.17) is 9.47 Å². The van der Waals surface area contributed by atoms with Crippen LogP contribution in [-0.2, 0) is 14.3 Å². The number of nitrogens with one attached hydrogen (secondary N) is 1. The molecular formula is C17H20FNO4. The van der Waals surface area contributed by atoms with Crippen molar-refractivity contribution in [3.05, 3.63) is 30.1 Å². The highest BCUT2D eigenvalue weighted by Crippen LogP contribution is 2.45. The van der Waals surface area contributed by atoms with Crippen LogP contribution in [0.15, 0.2) is 24.3 Å². The van der Waals surface area contributed by atoms with Gasteiger partial charge in [-0.3, -0.25) is 9.59 Å². The average molecular weight is 321 g/mol. The van der Waals surface area contributed by atoms with Gasteiger partial charge in [-0.1, -0.05) is 12.1 Å². The highest BCUT2D eigenvalue weighted by Gasteiger charge is 2.53. The van der Waals surface area contributed by atoms with Gasteiger partial charge >= 0.3 is 5.97 Å². The van der Waals surface area contributed by atoms with Gasteiger partial charge in [0.2, 0.25) is 5.91 Å². The molecule has 1 aliphatic carbocycles. The third kappa shape index (κ3) is 3.30. The minimum atomic E-state index is -0.604. The second-order valence-electron chi connectivity index (χ2n) is 6.07. The Hall–Kier alpha value is -2.11. The minimum absolute atomic E-state index is 0.139. The van der Waals surface area contributed by atoms with Gasteiger partial charge in [-0.2, -0.15) is 0 Å². The van der Waals surface area contributed by atoms with E-state index in [9.17, 15) is 14.0 Å². The molecule has 1 N–H and O–H groups in total. The normalized spacial score (nSPS) is 22.1. The highest BCUT2D eigenvalue weighted by atomic mass is 19.1. The van der Waals surface area contributed by atoms with Crippen LogP contribution in [-0.4, -0.2) is 30.6 Å². The third-order valence-corrected chi connectivity index (χ3v) is 4.58. The molecule has 23 heavy (non-hydrogen) atoms. The van der Waals surface area contributed by atoms with E-state index in [1.807, 2.05) is 0 Å². The third-order valence-electron chi connectivity index (χ3n) is 4.58. The molecule has 1 saturated carbocycles. The Labute approximate surface area is 134 Å². The van der Waals surface area contributed by atoms with Crippen LogP contribution in [0.2, 0.25) is 0 Å². The number of amides is 1. The first-order chi connectivity index (χ1) is 11.1. The van der Waals surface area contributed by atoms with Gasteiger partial charge in [-0.15, -0.1) is 0 Å². The summed E-state index contributed by atoms with van der Waals surface area (Å²) in [5.41, 5.74) is -0.604. The summed E-state index contributed by atoms with van der Waals surface area (Å²) in [5.74, 6) is -1.18. The molecule has 1 spiro atoms. The molecule has 1 heterocycles. The van der Waals surface area contributed by atoms with Crippen LogP contribution in [0, 0.1) is 11.7 Å². The zero-order valence-electron chi connectivity index (χ0n) is 12.8. The van der Waals surface area contributed by atoms with Gasteiger partial charge in [0.1, 0.15) is 12.2 Å². The van der Waals surface area contributed by atoms with Crippen LogP contribution < -0.4 is 10.1 Å². The van der Waals surface area contributed by atoms with Crippen LogP contribution in [0.3, 0.4) is 0 Å². The summed E-state index contributed by atoms with van der Waals surface area (Å²) >= 11 is 0. The van der Waals surface area contributed by atoms with E-state index in [2.05, 4.69) is 5.32 Å². The zero-order valence-corrected chi connectivity index (χ0v) is 12.8.